The van der Waals surface area contributed by atoms with E-state index >= 15 is 0 Å². The number of hydrogen-bond acceptors (Lipinski definition) is 3. The average Bonchev–Trinajstić information content (AvgIpc) is 2.26. The molecule has 0 aliphatic rings. The van der Waals surface area contributed by atoms with E-state index in [1.165, 1.54) is 0 Å². The van der Waals surface area contributed by atoms with Crippen LogP contribution >= 0.6 is 45.8 Å². The van der Waals surface area contributed by atoms with E-state index < -0.39 is 0 Å². The van der Waals surface area contributed by atoms with Crippen LogP contribution in [-0.2, 0) is 0 Å². The quantitative estimate of drug-likeness (QED) is 0.617. The maximum atomic E-state index is 9.16. The fourth-order valence-electron chi connectivity index (χ4n) is 1.13. The fourth-order valence-corrected chi connectivity index (χ4v) is 1.76. The number of rotatable bonds is 1. The second-order valence-corrected chi connectivity index (χ2v) is 4.78. The maximum absolute atomic E-state index is 9.16. The summed E-state index contributed by atoms with van der Waals surface area (Å²) in [5.41, 5.74) is 0.748. The molecule has 2 aromatic rings. The van der Waals surface area contributed by atoms with Crippen molar-refractivity contribution in [2.24, 2.45) is 0 Å². The van der Waals surface area contributed by atoms with Crippen molar-refractivity contribution in [3.8, 4) is 17.1 Å². The molecule has 0 bridgehead atoms. The zero-order valence-corrected chi connectivity index (χ0v) is 11.5. The van der Waals surface area contributed by atoms with Crippen LogP contribution in [0.3, 0.4) is 0 Å². The maximum Gasteiger partial charge on any atom is 0.162 e. The highest BCUT2D eigenvalue weighted by molar-refractivity contribution is 14.1. The topological polar surface area (TPSA) is 46.0 Å². The molecule has 3 nitrogen and oxygen atoms in total. The number of aromatic nitrogens is 2. The van der Waals surface area contributed by atoms with Crippen LogP contribution in [0.25, 0.3) is 11.4 Å². The third-order valence-electron chi connectivity index (χ3n) is 1.90. The monoisotopic (exact) mass is 366 g/mol. The van der Waals surface area contributed by atoms with Crippen LogP contribution in [0, 0.1) is 3.57 Å². The smallest absolute Gasteiger partial charge is 0.162 e. The minimum absolute atomic E-state index is 0.187. The lowest BCUT2D eigenvalue weighted by Gasteiger charge is -2.03. The molecule has 0 atom stereocenters. The molecule has 1 N–H and O–H groups in total. The zero-order chi connectivity index (χ0) is 11.7. The van der Waals surface area contributed by atoms with Crippen molar-refractivity contribution in [2.45, 2.75) is 0 Å². The van der Waals surface area contributed by atoms with Crippen LogP contribution in [0.15, 0.2) is 24.3 Å². The summed E-state index contributed by atoms with van der Waals surface area (Å²) in [7, 11) is 0. The minimum Gasteiger partial charge on any atom is -0.508 e. The number of benzene rings is 1. The van der Waals surface area contributed by atoms with Gasteiger partial charge in [0.1, 0.15) is 16.1 Å². The molecule has 0 aliphatic heterocycles. The fraction of sp³-hybridized carbons (Fsp3) is 0. The zero-order valence-electron chi connectivity index (χ0n) is 7.78. The number of aromatic hydroxyl groups is 1. The highest BCUT2D eigenvalue weighted by Crippen LogP contribution is 2.27. The second-order valence-electron chi connectivity index (χ2n) is 2.99. The van der Waals surface area contributed by atoms with Gasteiger partial charge in [0.15, 0.2) is 5.82 Å². The van der Waals surface area contributed by atoms with Crippen molar-refractivity contribution >= 4 is 45.8 Å². The summed E-state index contributed by atoms with van der Waals surface area (Å²) in [6, 6.07) is 6.51. The second kappa shape index (κ2) is 4.73. The SMILES string of the molecule is Oc1ccc(-c2nc(Cl)c(I)c(Cl)n2)cc1. The molecule has 0 fully saturated rings. The molecule has 2 rings (SSSR count). The first kappa shape index (κ1) is 11.9. The predicted molar refractivity (Wildman–Crippen MR) is 71.9 cm³/mol. The number of hydrogen-bond donors (Lipinski definition) is 1. The van der Waals surface area contributed by atoms with Gasteiger partial charge in [0.2, 0.25) is 0 Å². The molecule has 1 aromatic heterocycles. The summed E-state index contributed by atoms with van der Waals surface area (Å²) in [6.07, 6.45) is 0. The van der Waals surface area contributed by atoms with E-state index in [-0.39, 0.29) is 5.75 Å². The number of halogens is 3. The average molecular weight is 367 g/mol. The lowest BCUT2D eigenvalue weighted by atomic mass is 10.2. The molecule has 1 heterocycles. The van der Waals surface area contributed by atoms with Gasteiger partial charge < -0.3 is 5.11 Å². The van der Waals surface area contributed by atoms with Crippen LogP contribution in [0.4, 0.5) is 0 Å². The van der Waals surface area contributed by atoms with Crippen LogP contribution in [0.1, 0.15) is 0 Å². The predicted octanol–water partition coefficient (Wildman–Crippen LogP) is 3.76. The van der Waals surface area contributed by atoms with E-state index in [2.05, 4.69) is 9.97 Å². The third-order valence-corrected chi connectivity index (χ3v) is 4.10. The lowest BCUT2D eigenvalue weighted by Crippen LogP contribution is -1.93. The molecule has 6 heteroatoms. The largest absolute Gasteiger partial charge is 0.508 e. The molecular weight excluding hydrogens is 362 g/mol. The number of nitrogens with zero attached hydrogens (tertiary/aromatic N) is 2. The summed E-state index contributed by atoms with van der Waals surface area (Å²) in [4.78, 5) is 8.23. The van der Waals surface area contributed by atoms with E-state index in [1.54, 1.807) is 24.3 Å². The van der Waals surface area contributed by atoms with E-state index in [0.29, 0.717) is 19.7 Å². The normalized spacial score (nSPS) is 10.4. The lowest BCUT2D eigenvalue weighted by molar-refractivity contribution is 0.475. The van der Waals surface area contributed by atoms with Gasteiger partial charge in [-0.25, -0.2) is 9.97 Å². The molecule has 16 heavy (non-hydrogen) atoms. The standard InChI is InChI=1S/C10H5Cl2IN2O/c11-8-7(13)9(12)15-10(14-8)5-1-3-6(16)4-2-5/h1-4,16H. The van der Waals surface area contributed by atoms with Crippen molar-refractivity contribution in [1.29, 1.82) is 0 Å². The Hall–Kier alpha value is -0.590. The summed E-state index contributed by atoms with van der Waals surface area (Å²) in [5, 5.41) is 9.81. The Bertz CT molecular complexity index is 508. The van der Waals surface area contributed by atoms with Crippen molar-refractivity contribution in [3.63, 3.8) is 0 Å². The van der Waals surface area contributed by atoms with Gasteiger partial charge in [-0.15, -0.1) is 0 Å². The van der Waals surface area contributed by atoms with Gasteiger partial charge in [-0.3, -0.25) is 0 Å². The molecule has 1 aromatic carbocycles. The molecule has 0 saturated heterocycles. The van der Waals surface area contributed by atoms with E-state index in [9.17, 15) is 0 Å². The summed E-state index contributed by atoms with van der Waals surface area (Å²) in [6.45, 7) is 0. The molecule has 0 spiro atoms. The van der Waals surface area contributed by atoms with Crippen LogP contribution in [0.5, 0.6) is 5.75 Å². The van der Waals surface area contributed by atoms with Crippen LogP contribution in [0.2, 0.25) is 10.3 Å². The number of phenols is 1. The van der Waals surface area contributed by atoms with Crippen LogP contribution < -0.4 is 0 Å². The first-order chi connectivity index (χ1) is 7.58. The summed E-state index contributed by atoms with van der Waals surface area (Å²) >= 11 is 13.8. The highest BCUT2D eigenvalue weighted by Gasteiger charge is 2.10. The van der Waals surface area contributed by atoms with Crippen LogP contribution in [-0.4, -0.2) is 15.1 Å². The highest BCUT2D eigenvalue weighted by atomic mass is 127. The molecule has 0 amide bonds. The Balaban J connectivity index is 2.52. The molecule has 0 saturated carbocycles. The first-order valence-electron chi connectivity index (χ1n) is 4.26. The van der Waals surface area contributed by atoms with Crippen molar-refractivity contribution in [1.82, 2.24) is 9.97 Å². The van der Waals surface area contributed by atoms with Crippen molar-refractivity contribution in [3.05, 3.63) is 38.1 Å². The Morgan fingerprint density at radius 2 is 1.50 bits per heavy atom. The van der Waals surface area contributed by atoms with Gasteiger partial charge in [0.25, 0.3) is 0 Å². The molecule has 0 unspecified atom stereocenters. The Kier molecular flexibility index (Phi) is 3.51. The van der Waals surface area contributed by atoms with Gasteiger partial charge in [0.05, 0.1) is 3.57 Å². The Labute approximate surface area is 116 Å². The molecule has 0 radical (unpaired) electrons. The van der Waals surface area contributed by atoms with Gasteiger partial charge in [0, 0.05) is 5.56 Å². The summed E-state index contributed by atoms with van der Waals surface area (Å²) in [5.74, 6) is 0.627. The van der Waals surface area contributed by atoms with Gasteiger partial charge >= 0.3 is 0 Å². The van der Waals surface area contributed by atoms with E-state index in [4.69, 9.17) is 28.3 Å². The minimum atomic E-state index is 0.187. The van der Waals surface area contributed by atoms with Crippen molar-refractivity contribution in [2.75, 3.05) is 0 Å². The molecular formula is C10H5Cl2IN2O. The molecule has 82 valence electrons. The third kappa shape index (κ3) is 2.39. The van der Waals surface area contributed by atoms with Gasteiger partial charge in [-0.05, 0) is 46.9 Å². The van der Waals surface area contributed by atoms with Crippen molar-refractivity contribution < 1.29 is 5.11 Å². The van der Waals surface area contributed by atoms with E-state index in [1.807, 2.05) is 22.6 Å². The Morgan fingerprint density at radius 1 is 1.00 bits per heavy atom. The Morgan fingerprint density at radius 3 is 2.00 bits per heavy atom. The first-order valence-corrected chi connectivity index (χ1v) is 6.09. The summed E-state index contributed by atoms with van der Waals surface area (Å²) < 4.78 is 0.628. The molecule has 0 aliphatic carbocycles. The van der Waals surface area contributed by atoms with Gasteiger partial charge in [-0.2, -0.15) is 0 Å². The number of phenolic OH excluding ortho intramolecular Hbond substituents is 1. The van der Waals surface area contributed by atoms with E-state index in [0.717, 1.165) is 5.56 Å². The van der Waals surface area contributed by atoms with Gasteiger partial charge in [-0.1, -0.05) is 23.2 Å².